The third kappa shape index (κ3) is 2.66. The molecule has 1 heterocycles. The summed E-state index contributed by atoms with van der Waals surface area (Å²) in [7, 11) is 2.11. The molecule has 0 aliphatic carbocycles. The van der Waals surface area contributed by atoms with Crippen LogP contribution in [0.3, 0.4) is 0 Å². The number of aromatic nitrogens is 2. The first-order valence-corrected chi connectivity index (χ1v) is 6.46. The molecule has 0 aliphatic heterocycles. The number of hydrogen-bond donors (Lipinski definition) is 0. The maximum atomic E-state index is 4.83. The molecule has 0 aliphatic rings. The van der Waals surface area contributed by atoms with E-state index in [-0.39, 0.29) is 5.41 Å². The molecule has 0 amide bonds. The average Bonchev–Trinajstić information content (AvgIpc) is 2.61. The van der Waals surface area contributed by atoms with E-state index in [1.165, 1.54) is 24.4 Å². The minimum absolute atomic E-state index is 0.179. The van der Waals surface area contributed by atoms with Crippen molar-refractivity contribution in [1.82, 2.24) is 9.55 Å². The zero-order valence-corrected chi connectivity index (χ0v) is 11.7. The zero-order valence-electron chi connectivity index (χ0n) is 11.7. The smallest absolute Gasteiger partial charge is 0.114 e. The molecular formula is C14H26N2. The number of nitrogens with zero attached hydrogens (tertiary/aromatic N) is 2. The highest BCUT2D eigenvalue weighted by Gasteiger charge is 2.24. The summed E-state index contributed by atoms with van der Waals surface area (Å²) in [4.78, 5) is 4.83. The van der Waals surface area contributed by atoms with Crippen molar-refractivity contribution in [3.8, 4) is 0 Å². The van der Waals surface area contributed by atoms with Crippen LogP contribution >= 0.6 is 0 Å². The van der Waals surface area contributed by atoms with Crippen LogP contribution in [-0.2, 0) is 12.5 Å². The Labute approximate surface area is 100 Å². The maximum absolute atomic E-state index is 4.83. The van der Waals surface area contributed by atoms with E-state index in [0.29, 0.717) is 5.92 Å². The van der Waals surface area contributed by atoms with Gasteiger partial charge in [0.2, 0.25) is 0 Å². The first kappa shape index (κ1) is 13.3. The molecule has 0 aromatic carbocycles. The van der Waals surface area contributed by atoms with E-state index >= 15 is 0 Å². The first-order valence-electron chi connectivity index (χ1n) is 6.46. The Hall–Kier alpha value is -0.790. The molecule has 0 fully saturated rings. The lowest BCUT2D eigenvalue weighted by atomic mass is 9.89. The lowest BCUT2D eigenvalue weighted by Gasteiger charge is -2.21. The van der Waals surface area contributed by atoms with Gasteiger partial charge in [0.15, 0.2) is 0 Å². The van der Waals surface area contributed by atoms with Gasteiger partial charge in [-0.05, 0) is 18.8 Å². The normalized spacial score (nSPS) is 14.1. The number of rotatable bonds is 5. The van der Waals surface area contributed by atoms with Gasteiger partial charge in [0.1, 0.15) is 5.82 Å². The van der Waals surface area contributed by atoms with E-state index in [9.17, 15) is 0 Å². The molecule has 2 nitrogen and oxygen atoms in total. The first-order chi connectivity index (χ1) is 7.42. The number of imidazole rings is 1. The maximum Gasteiger partial charge on any atom is 0.114 e. The molecule has 1 unspecified atom stereocenters. The molecule has 1 rings (SSSR count). The van der Waals surface area contributed by atoms with Gasteiger partial charge < -0.3 is 4.57 Å². The fourth-order valence-electron chi connectivity index (χ4n) is 2.09. The Morgan fingerprint density at radius 1 is 1.38 bits per heavy atom. The van der Waals surface area contributed by atoms with Crippen LogP contribution < -0.4 is 0 Å². The summed E-state index contributed by atoms with van der Waals surface area (Å²) in [5.74, 6) is 1.80. The Morgan fingerprint density at radius 3 is 2.50 bits per heavy atom. The predicted octanol–water partition coefficient (Wildman–Crippen LogP) is 4.01. The number of hydrogen-bond acceptors (Lipinski definition) is 1. The van der Waals surface area contributed by atoms with Crippen LogP contribution in [0.4, 0.5) is 0 Å². The summed E-state index contributed by atoms with van der Waals surface area (Å²) >= 11 is 0. The van der Waals surface area contributed by atoms with E-state index in [0.717, 1.165) is 6.42 Å². The molecule has 1 aromatic heterocycles. The molecule has 0 bridgehead atoms. The van der Waals surface area contributed by atoms with Crippen LogP contribution in [0, 0.1) is 0 Å². The summed E-state index contributed by atoms with van der Waals surface area (Å²) in [6, 6.07) is 0. The van der Waals surface area contributed by atoms with Crippen LogP contribution in [-0.4, -0.2) is 9.55 Å². The van der Waals surface area contributed by atoms with E-state index in [1.807, 2.05) is 0 Å². The van der Waals surface area contributed by atoms with Gasteiger partial charge in [0.25, 0.3) is 0 Å². The van der Waals surface area contributed by atoms with Crippen molar-refractivity contribution >= 4 is 0 Å². The van der Waals surface area contributed by atoms with Crippen LogP contribution in [0.25, 0.3) is 0 Å². The minimum atomic E-state index is 0.179. The predicted molar refractivity (Wildman–Crippen MR) is 69.8 cm³/mol. The molecule has 0 saturated heterocycles. The fraction of sp³-hybridized carbons (Fsp3) is 0.786. The summed E-state index contributed by atoms with van der Waals surface area (Å²) in [6.45, 7) is 11.3. The largest absolute Gasteiger partial charge is 0.337 e. The highest BCUT2D eigenvalue weighted by atomic mass is 15.1. The average molecular weight is 222 g/mol. The van der Waals surface area contributed by atoms with Gasteiger partial charge in [-0.15, -0.1) is 0 Å². The zero-order chi connectivity index (χ0) is 12.3. The van der Waals surface area contributed by atoms with Crippen molar-refractivity contribution in [1.29, 1.82) is 0 Å². The molecule has 0 spiro atoms. The standard InChI is InChI=1S/C14H26N2/c1-7-9-11(3)12-10-16(6)13(15-12)14(4,5)8-2/h10-11H,7-9H2,1-6H3. The second-order valence-corrected chi connectivity index (χ2v) is 5.53. The quantitative estimate of drug-likeness (QED) is 0.736. The van der Waals surface area contributed by atoms with Crippen LogP contribution in [0.2, 0.25) is 0 Å². The monoisotopic (exact) mass is 222 g/mol. The van der Waals surface area contributed by atoms with Crippen molar-refractivity contribution in [3.63, 3.8) is 0 Å². The van der Waals surface area contributed by atoms with Crippen molar-refractivity contribution in [2.24, 2.45) is 7.05 Å². The highest BCUT2D eigenvalue weighted by Crippen LogP contribution is 2.28. The second-order valence-electron chi connectivity index (χ2n) is 5.53. The number of aryl methyl sites for hydroxylation is 1. The van der Waals surface area contributed by atoms with Crippen molar-refractivity contribution in [2.75, 3.05) is 0 Å². The van der Waals surface area contributed by atoms with Crippen molar-refractivity contribution in [3.05, 3.63) is 17.7 Å². The Kier molecular flexibility index (Phi) is 4.17. The molecule has 1 aromatic rings. The second kappa shape index (κ2) is 5.03. The van der Waals surface area contributed by atoms with E-state index in [2.05, 4.69) is 52.4 Å². The van der Waals surface area contributed by atoms with Gasteiger partial charge in [-0.3, -0.25) is 0 Å². The molecule has 2 heteroatoms. The third-order valence-electron chi connectivity index (χ3n) is 3.61. The highest BCUT2D eigenvalue weighted by molar-refractivity contribution is 5.14. The van der Waals surface area contributed by atoms with Gasteiger partial charge in [-0.1, -0.05) is 41.0 Å². The summed E-state index contributed by atoms with van der Waals surface area (Å²) in [6.07, 6.45) is 5.78. The van der Waals surface area contributed by atoms with E-state index < -0.39 is 0 Å². The summed E-state index contributed by atoms with van der Waals surface area (Å²) in [5.41, 5.74) is 1.43. The Balaban J connectivity index is 2.98. The third-order valence-corrected chi connectivity index (χ3v) is 3.61. The molecule has 16 heavy (non-hydrogen) atoms. The SMILES string of the molecule is CCCC(C)c1cn(C)c(C(C)(C)CC)n1. The molecule has 92 valence electrons. The molecular weight excluding hydrogens is 196 g/mol. The molecule has 0 saturated carbocycles. The Morgan fingerprint density at radius 2 is 2.00 bits per heavy atom. The van der Waals surface area contributed by atoms with Gasteiger partial charge in [-0.2, -0.15) is 0 Å². The van der Waals surface area contributed by atoms with E-state index in [1.54, 1.807) is 0 Å². The van der Waals surface area contributed by atoms with Crippen molar-refractivity contribution in [2.45, 2.75) is 65.2 Å². The lowest BCUT2D eigenvalue weighted by Crippen LogP contribution is -2.20. The lowest BCUT2D eigenvalue weighted by molar-refractivity contribution is 0.456. The van der Waals surface area contributed by atoms with Gasteiger partial charge in [-0.25, -0.2) is 4.98 Å². The summed E-state index contributed by atoms with van der Waals surface area (Å²) < 4.78 is 2.20. The molecule has 0 N–H and O–H groups in total. The Bertz CT molecular complexity index is 337. The topological polar surface area (TPSA) is 17.8 Å². The van der Waals surface area contributed by atoms with Gasteiger partial charge in [0, 0.05) is 18.7 Å². The van der Waals surface area contributed by atoms with Crippen molar-refractivity contribution < 1.29 is 0 Å². The molecule has 1 atom stereocenters. The summed E-state index contributed by atoms with van der Waals surface area (Å²) in [5, 5.41) is 0. The van der Waals surface area contributed by atoms with Crippen LogP contribution in [0.1, 0.15) is 71.3 Å². The van der Waals surface area contributed by atoms with Gasteiger partial charge >= 0.3 is 0 Å². The van der Waals surface area contributed by atoms with E-state index in [4.69, 9.17) is 4.98 Å². The van der Waals surface area contributed by atoms with Crippen LogP contribution in [0.5, 0.6) is 0 Å². The minimum Gasteiger partial charge on any atom is -0.337 e. The van der Waals surface area contributed by atoms with Gasteiger partial charge in [0.05, 0.1) is 5.69 Å². The molecule has 0 radical (unpaired) electrons. The van der Waals surface area contributed by atoms with Crippen LogP contribution in [0.15, 0.2) is 6.20 Å². The fourth-order valence-corrected chi connectivity index (χ4v) is 2.09.